The van der Waals surface area contributed by atoms with E-state index in [1.807, 2.05) is 111 Å². The Balaban J connectivity index is 1.88. The van der Waals surface area contributed by atoms with Crippen molar-refractivity contribution >= 4 is 24.1 Å². The Bertz CT molecular complexity index is 1490. The van der Waals surface area contributed by atoms with Gasteiger partial charge in [0.15, 0.2) is 0 Å². The summed E-state index contributed by atoms with van der Waals surface area (Å²) >= 11 is 0. The number of urea groups is 2. The molecule has 2 heterocycles. The van der Waals surface area contributed by atoms with Gasteiger partial charge in [-0.25, -0.2) is 24.3 Å². The SMILES string of the molecule is CCC(C)C(C(=O)NC(Cc1ccccc1)C(O)CN(CC(C)(C)C)NC(=O)N(CC(C)(C)C)C(=O)OC)N1CCN(Cc2cccc(C)n2)C1=O. The van der Waals surface area contributed by atoms with Crippen LogP contribution in [-0.4, -0.2) is 112 Å². The number of hydrogen-bond acceptors (Lipinski definition) is 8. The Kier molecular flexibility index (Phi) is 15.0. The first-order valence-corrected chi connectivity index (χ1v) is 18.2. The van der Waals surface area contributed by atoms with Crippen LogP contribution in [0.15, 0.2) is 48.5 Å². The lowest BCUT2D eigenvalue weighted by Gasteiger charge is -2.37. The van der Waals surface area contributed by atoms with Crippen LogP contribution in [0.2, 0.25) is 0 Å². The summed E-state index contributed by atoms with van der Waals surface area (Å²) in [6.45, 7) is 19.1. The van der Waals surface area contributed by atoms with Crippen molar-refractivity contribution in [3.05, 3.63) is 65.5 Å². The fourth-order valence-corrected chi connectivity index (χ4v) is 6.31. The molecule has 6 amide bonds. The number of aryl methyl sites for hydroxylation is 1. The summed E-state index contributed by atoms with van der Waals surface area (Å²) in [5.41, 5.74) is 4.66. The van der Waals surface area contributed by atoms with Gasteiger partial charge in [-0.15, -0.1) is 0 Å². The molecule has 1 saturated heterocycles. The summed E-state index contributed by atoms with van der Waals surface area (Å²) in [7, 11) is 1.22. The number of hydrazine groups is 1. The fourth-order valence-electron chi connectivity index (χ4n) is 6.31. The van der Waals surface area contributed by atoms with Crippen molar-refractivity contribution in [3.8, 4) is 0 Å². The predicted octanol–water partition coefficient (Wildman–Crippen LogP) is 5.22. The first kappa shape index (κ1) is 42.2. The molecule has 3 N–H and O–H groups in total. The van der Waals surface area contributed by atoms with E-state index >= 15 is 0 Å². The van der Waals surface area contributed by atoms with Crippen molar-refractivity contribution < 1.29 is 29.0 Å². The second kappa shape index (κ2) is 18.5. The third kappa shape index (κ3) is 12.8. The molecule has 1 aromatic heterocycles. The number of benzene rings is 1. The van der Waals surface area contributed by atoms with E-state index in [4.69, 9.17) is 4.74 Å². The molecule has 3 rings (SSSR count). The van der Waals surface area contributed by atoms with Gasteiger partial charge in [0.2, 0.25) is 5.91 Å². The zero-order chi connectivity index (χ0) is 38.8. The standard InChI is InChI=1S/C39H61N7O6/c1-11-27(2)33(45-21-20-43(36(45)50)23-30-19-15-16-28(3)40-30)34(48)41-31(22-29-17-13-12-14-18-29)32(47)24-44(25-38(4,5)6)42-35(49)46(37(51)52-10)26-39(7,8)9/h12-19,27,31-33,47H,11,20-26H2,1-10H3,(H,41,48)(H,42,49). The normalized spacial score (nSPS) is 16.0. The van der Waals surface area contributed by atoms with Crippen LogP contribution in [0.1, 0.15) is 78.8 Å². The molecule has 0 aliphatic carbocycles. The van der Waals surface area contributed by atoms with E-state index in [0.29, 0.717) is 39.0 Å². The maximum atomic E-state index is 14.3. The minimum atomic E-state index is -1.16. The number of carbonyl (C=O) groups is 4. The molecule has 288 valence electrons. The van der Waals surface area contributed by atoms with Gasteiger partial charge in [-0.1, -0.05) is 98.2 Å². The number of aromatic nitrogens is 1. The van der Waals surface area contributed by atoms with Crippen molar-refractivity contribution in [2.24, 2.45) is 16.7 Å². The minimum absolute atomic E-state index is 0.0563. The van der Waals surface area contributed by atoms with Crippen LogP contribution >= 0.6 is 0 Å². The average molecular weight is 724 g/mol. The van der Waals surface area contributed by atoms with Crippen molar-refractivity contribution in [3.63, 3.8) is 0 Å². The van der Waals surface area contributed by atoms with Crippen LogP contribution in [0.5, 0.6) is 0 Å². The van der Waals surface area contributed by atoms with Crippen LogP contribution in [0.4, 0.5) is 14.4 Å². The smallest absolute Gasteiger partial charge is 0.417 e. The van der Waals surface area contributed by atoms with Gasteiger partial charge in [0.05, 0.1) is 31.5 Å². The van der Waals surface area contributed by atoms with E-state index in [1.165, 1.54) is 7.11 Å². The first-order chi connectivity index (χ1) is 24.3. The fraction of sp³-hybridized carbons (Fsp3) is 0.615. The number of hydrogen-bond donors (Lipinski definition) is 3. The van der Waals surface area contributed by atoms with Gasteiger partial charge in [0.25, 0.3) is 0 Å². The highest BCUT2D eigenvalue weighted by Crippen LogP contribution is 2.23. The van der Waals surface area contributed by atoms with Crippen molar-refractivity contribution in [2.45, 2.75) is 99.9 Å². The topological polar surface area (TPSA) is 148 Å². The largest absolute Gasteiger partial charge is 0.452 e. The molecule has 13 nitrogen and oxygen atoms in total. The highest BCUT2D eigenvalue weighted by atomic mass is 16.5. The lowest BCUT2D eigenvalue weighted by atomic mass is 9.94. The maximum Gasteiger partial charge on any atom is 0.417 e. The van der Waals surface area contributed by atoms with Crippen molar-refractivity contribution in [2.75, 3.05) is 39.8 Å². The molecule has 1 aliphatic heterocycles. The summed E-state index contributed by atoms with van der Waals surface area (Å²) in [5, 5.41) is 16.6. The number of imide groups is 1. The molecule has 13 heteroatoms. The maximum absolute atomic E-state index is 14.3. The molecular weight excluding hydrogens is 662 g/mol. The number of rotatable bonds is 15. The van der Waals surface area contributed by atoms with Crippen LogP contribution in [0, 0.1) is 23.7 Å². The van der Waals surface area contributed by atoms with Gasteiger partial charge in [-0.2, -0.15) is 0 Å². The van der Waals surface area contributed by atoms with Gasteiger partial charge in [-0.3, -0.25) is 15.2 Å². The lowest BCUT2D eigenvalue weighted by Crippen LogP contribution is -2.60. The molecule has 1 aromatic carbocycles. The molecule has 4 unspecified atom stereocenters. The van der Waals surface area contributed by atoms with E-state index in [2.05, 4.69) is 15.7 Å². The number of pyridine rings is 1. The molecule has 4 atom stereocenters. The first-order valence-electron chi connectivity index (χ1n) is 18.2. The molecule has 1 fully saturated rings. The Morgan fingerprint density at radius 3 is 2.21 bits per heavy atom. The van der Waals surface area contributed by atoms with Gasteiger partial charge in [-0.05, 0) is 47.8 Å². The zero-order valence-electron chi connectivity index (χ0n) is 32.8. The summed E-state index contributed by atoms with van der Waals surface area (Å²) in [4.78, 5) is 63.2. The monoisotopic (exact) mass is 723 g/mol. The molecule has 0 saturated carbocycles. The van der Waals surface area contributed by atoms with Crippen LogP contribution < -0.4 is 10.7 Å². The van der Waals surface area contributed by atoms with E-state index in [-0.39, 0.29) is 36.4 Å². The Morgan fingerprint density at radius 1 is 0.981 bits per heavy atom. The van der Waals surface area contributed by atoms with Crippen molar-refractivity contribution in [1.82, 2.24) is 35.4 Å². The second-order valence-corrected chi connectivity index (χ2v) is 16.3. The highest BCUT2D eigenvalue weighted by molar-refractivity contribution is 5.90. The average Bonchev–Trinajstić information content (AvgIpc) is 3.40. The van der Waals surface area contributed by atoms with E-state index in [0.717, 1.165) is 21.9 Å². The number of amides is 6. The molecule has 0 bridgehead atoms. The van der Waals surface area contributed by atoms with Crippen molar-refractivity contribution in [1.29, 1.82) is 0 Å². The van der Waals surface area contributed by atoms with E-state index < -0.39 is 35.7 Å². The molecule has 1 aliphatic rings. The summed E-state index contributed by atoms with van der Waals surface area (Å²) in [5.74, 6) is -0.522. The van der Waals surface area contributed by atoms with Gasteiger partial charge in [0.1, 0.15) is 6.04 Å². The number of ether oxygens (including phenoxy) is 1. The third-order valence-corrected chi connectivity index (χ3v) is 8.90. The Morgan fingerprint density at radius 2 is 1.63 bits per heavy atom. The second-order valence-electron chi connectivity index (χ2n) is 16.3. The third-order valence-electron chi connectivity index (χ3n) is 8.90. The summed E-state index contributed by atoms with van der Waals surface area (Å²) in [6.07, 6.45) is -0.990. The minimum Gasteiger partial charge on any atom is -0.452 e. The lowest BCUT2D eigenvalue weighted by molar-refractivity contribution is -0.128. The Labute approximate surface area is 310 Å². The van der Waals surface area contributed by atoms with Gasteiger partial charge < -0.3 is 25.0 Å². The van der Waals surface area contributed by atoms with Crippen LogP contribution in [0.3, 0.4) is 0 Å². The van der Waals surface area contributed by atoms with Crippen LogP contribution in [0.25, 0.3) is 0 Å². The number of aliphatic hydroxyl groups is 1. The molecular formula is C39H61N7O6. The van der Waals surface area contributed by atoms with Gasteiger partial charge in [0, 0.05) is 38.4 Å². The number of nitrogens with zero attached hydrogens (tertiary/aromatic N) is 5. The number of aliphatic hydroxyl groups excluding tert-OH is 1. The zero-order valence-corrected chi connectivity index (χ0v) is 32.8. The quantitative estimate of drug-likeness (QED) is 0.212. The predicted molar refractivity (Wildman–Crippen MR) is 201 cm³/mol. The molecule has 0 spiro atoms. The number of carbonyl (C=O) groups excluding carboxylic acids is 4. The van der Waals surface area contributed by atoms with Gasteiger partial charge >= 0.3 is 18.2 Å². The summed E-state index contributed by atoms with van der Waals surface area (Å²) < 4.78 is 4.91. The number of methoxy groups -OCH3 is 1. The van der Waals surface area contributed by atoms with Crippen LogP contribution in [-0.2, 0) is 22.5 Å². The van der Waals surface area contributed by atoms with E-state index in [1.54, 1.807) is 14.8 Å². The molecule has 2 aromatic rings. The summed E-state index contributed by atoms with van der Waals surface area (Å²) in [6, 6.07) is 12.8. The Hall–Kier alpha value is -4.23. The number of nitrogens with one attached hydrogen (secondary N) is 2. The molecule has 52 heavy (non-hydrogen) atoms. The molecule has 0 radical (unpaired) electrons. The highest BCUT2D eigenvalue weighted by Gasteiger charge is 2.41. The van der Waals surface area contributed by atoms with E-state index in [9.17, 15) is 24.3 Å².